The predicted molar refractivity (Wildman–Crippen MR) is 87.4 cm³/mol. The molecule has 0 spiro atoms. The molecule has 1 aromatic rings. The minimum atomic E-state index is -0.275. The van der Waals surface area contributed by atoms with Crippen LogP contribution in [0.5, 0.6) is 0 Å². The van der Waals surface area contributed by atoms with Crippen molar-refractivity contribution < 1.29 is 14.3 Å². The molecule has 0 aliphatic carbocycles. The largest absolute Gasteiger partial charge is 0.383 e. The van der Waals surface area contributed by atoms with Crippen molar-refractivity contribution in [3.63, 3.8) is 0 Å². The zero-order chi connectivity index (χ0) is 16.5. The molecule has 122 valence electrons. The molecule has 1 unspecified atom stereocenters. The fourth-order valence-electron chi connectivity index (χ4n) is 1.80. The van der Waals surface area contributed by atoms with Gasteiger partial charge in [0, 0.05) is 31.8 Å². The number of nitrogens with one attached hydrogen (secondary N) is 3. The van der Waals surface area contributed by atoms with Gasteiger partial charge in [-0.15, -0.1) is 0 Å². The summed E-state index contributed by atoms with van der Waals surface area (Å²) in [5.41, 5.74) is 0.922. The fourth-order valence-corrected chi connectivity index (χ4v) is 2.07. The third-order valence-electron chi connectivity index (χ3n) is 3.03. The first-order valence-electron chi connectivity index (χ1n) is 7.01. The second-order valence-electron chi connectivity index (χ2n) is 4.89. The van der Waals surface area contributed by atoms with Gasteiger partial charge < -0.3 is 20.7 Å². The first kappa shape index (κ1) is 18.4. The molecule has 0 aliphatic rings. The number of rotatable bonds is 8. The molecule has 22 heavy (non-hydrogen) atoms. The fraction of sp³-hybridized carbons (Fsp3) is 0.467. The summed E-state index contributed by atoms with van der Waals surface area (Å²) in [5.74, 6) is -0.549. The summed E-state index contributed by atoms with van der Waals surface area (Å²) in [6.07, 6.45) is 0. The number of carbonyl (C=O) groups excluding carboxylic acids is 2. The lowest BCUT2D eigenvalue weighted by atomic mass is 10.1. The van der Waals surface area contributed by atoms with E-state index < -0.39 is 0 Å². The Labute approximate surface area is 135 Å². The average Bonchev–Trinajstić information content (AvgIpc) is 2.47. The van der Waals surface area contributed by atoms with Crippen LogP contribution >= 0.6 is 11.6 Å². The van der Waals surface area contributed by atoms with Crippen LogP contribution in [0.25, 0.3) is 0 Å². The van der Waals surface area contributed by atoms with Crippen LogP contribution in [-0.2, 0) is 9.53 Å². The molecule has 0 saturated carbocycles. The summed E-state index contributed by atoms with van der Waals surface area (Å²) in [7, 11) is 3.35. The van der Waals surface area contributed by atoms with E-state index in [2.05, 4.69) is 16.0 Å². The van der Waals surface area contributed by atoms with Gasteiger partial charge in [-0.3, -0.25) is 9.59 Å². The molecular weight excluding hydrogens is 306 g/mol. The second-order valence-corrected chi connectivity index (χ2v) is 5.30. The highest BCUT2D eigenvalue weighted by atomic mass is 35.5. The predicted octanol–water partition coefficient (Wildman–Crippen LogP) is 1.51. The maximum Gasteiger partial charge on any atom is 0.252 e. The van der Waals surface area contributed by atoms with Gasteiger partial charge in [-0.05, 0) is 25.2 Å². The number of methoxy groups -OCH3 is 1. The summed E-state index contributed by atoms with van der Waals surface area (Å²) >= 11 is 6.11. The molecule has 3 N–H and O–H groups in total. The summed E-state index contributed by atoms with van der Waals surface area (Å²) in [6.45, 7) is 3.25. The highest BCUT2D eigenvalue weighted by Gasteiger charge is 2.14. The summed E-state index contributed by atoms with van der Waals surface area (Å²) in [6, 6.07) is 4.81. The first-order chi connectivity index (χ1) is 10.5. The van der Waals surface area contributed by atoms with Gasteiger partial charge in [-0.25, -0.2) is 0 Å². The lowest BCUT2D eigenvalue weighted by molar-refractivity contribution is -0.119. The maximum absolute atomic E-state index is 11.9. The molecule has 0 bridgehead atoms. The second kappa shape index (κ2) is 9.40. The zero-order valence-corrected chi connectivity index (χ0v) is 13.8. The smallest absolute Gasteiger partial charge is 0.252 e. The molecule has 2 amide bonds. The third-order valence-corrected chi connectivity index (χ3v) is 3.34. The van der Waals surface area contributed by atoms with Crippen molar-refractivity contribution in [2.45, 2.75) is 6.92 Å². The normalized spacial score (nSPS) is 11.8. The molecule has 0 radical (unpaired) electrons. The number of carbonyl (C=O) groups is 2. The molecule has 0 fully saturated rings. The van der Waals surface area contributed by atoms with Crippen LogP contribution in [0.1, 0.15) is 17.3 Å². The standard InChI is InChI=1S/C15H22ClN3O3/c1-10(9-17-2)14(20)19-11-4-5-12(13(16)8-11)15(21)18-6-7-22-3/h4-5,8,10,17H,6-7,9H2,1-3H3,(H,18,21)(H,19,20). The highest BCUT2D eigenvalue weighted by Crippen LogP contribution is 2.21. The lowest BCUT2D eigenvalue weighted by Gasteiger charge is -2.13. The van der Waals surface area contributed by atoms with E-state index in [4.69, 9.17) is 16.3 Å². The Morgan fingerprint density at radius 2 is 2.09 bits per heavy atom. The van der Waals surface area contributed by atoms with Gasteiger partial charge in [-0.2, -0.15) is 0 Å². The number of benzene rings is 1. The van der Waals surface area contributed by atoms with Crippen molar-refractivity contribution >= 4 is 29.1 Å². The van der Waals surface area contributed by atoms with Crippen LogP contribution in [0.4, 0.5) is 5.69 Å². The third kappa shape index (κ3) is 5.63. The van der Waals surface area contributed by atoms with Gasteiger partial charge in [0.25, 0.3) is 5.91 Å². The Bertz CT molecular complexity index is 523. The van der Waals surface area contributed by atoms with E-state index in [-0.39, 0.29) is 22.8 Å². The van der Waals surface area contributed by atoms with Crippen LogP contribution in [0, 0.1) is 5.92 Å². The number of ether oxygens (including phenoxy) is 1. The summed E-state index contributed by atoms with van der Waals surface area (Å²) in [5, 5.41) is 8.69. The van der Waals surface area contributed by atoms with Crippen LogP contribution in [0.15, 0.2) is 18.2 Å². The van der Waals surface area contributed by atoms with Crippen LogP contribution in [-0.4, -0.2) is 45.7 Å². The van der Waals surface area contributed by atoms with E-state index in [0.29, 0.717) is 30.9 Å². The van der Waals surface area contributed by atoms with Gasteiger partial charge in [0.1, 0.15) is 0 Å². The molecule has 0 saturated heterocycles. The Kier molecular flexibility index (Phi) is 7.87. The molecule has 0 heterocycles. The van der Waals surface area contributed by atoms with Crippen molar-refractivity contribution in [3.8, 4) is 0 Å². The van der Waals surface area contributed by atoms with Crippen molar-refractivity contribution in [3.05, 3.63) is 28.8 Å². The van der Waals surface area contributed by atoms with Gasteiger partial charge >= 0.3 is 0 Å². The number of halogens is 1. The van der Waals surface area contributed by atoms with Crippen molar-refractivity contribution in [1.82, 2.24) is 10.6 Å². The zero-order valence-electron chi connectivity index (χ0n) is 13.0. The van der Waals surface area contributed by atoms with Crippen molar-refractivity contribution in [2.75, 3.05) is 39.2 Å². The number of amides is 2. The number of hydrogen-bond acceptors (Lipinski definition) is 4. The SMILES string of the molecule is CNCC(C)C(=O)Nc1ccc(C(=O)NCCOC)c(Cl)c1. The monoisotopic (exact) mass is 327 g/mol. The Morgan fingerprint density at radius 3 is 2.68 bits per heavy atom. The molecule has 1 rings (SSSR count). The number of anilines is 1. The van der Waals surface area contributed by atoms with Gasteiger partial charge in [0.15, 0.2) is 0 Å². The lowest BCUT2D eigenvalue weighted by Crippen LogP contribution is -2.29. The molecular formula is C15H22ClN3O3. The van der Waals surface area contributed by atoms with E-state index in [1.807, 2.05) is 6.92 Å². The molecule has 6 nitrogen and oxygen atoms in total. The molecule has 0 aromatic heterocycles. The average molecular weight is 328 g/mol. The molecule has 0 aliphatic heterocycles. The Balaban J connectivity index is 2.69. The van der Waals surface area contributed by atoms with Crippen LogP contribution in [0.3, 0.4) is 0 Å². The van der Waals surface area contributed by atoms with Crippen molar-refractivity contribution in [2.24, 2.45) is 5.92 Å². The summed E-state index contributed by atoms with van der Waals surface area (Å²) in [4.78, 5) is 23.8. The number of hydrogen-bond donors (Lipinski definition) is 3. The minimum absolute atomic E-state index is 0.109. The quantitative estimate of drug-likeness (QED) is 0.632. The van der Waals surface area contributed by atoms with Crippen LogP contribution in [0.2, 0.25) is 5.02 Å². The van der Waals surface area contributed by atoms with E-state index in [1.54, 1.807) is 32.4 Å². The highest BCUT2D eigenvalue weighted by molar-refractivity contribution is 6.34. The van der Waals surface area contributed by atoms with E-state index in [1.165, 1.54) is 0 Å². The Hall–Kier alpha value is -1.63. The van der Waals surface area contributed by atoms with E-state index >= 15 is 0 Å². The molecule has 1 atom stereocenters. The summed E-state index contributed by atoms with van der Waals surface area (Å²) < 4.78 is 4.86. The van der Waals surface area contributed by atoms with Crippen LogP contribution < -0.4 is 16.0 Å². The maximum atomic E-state index is 11.9. The molecule has 7 heteroatoms. The van der Waals surface area contributed by atoms with Gasteiger partial charge in [0.05, 0.1) is 17.2 Å². The topological polar surface area (TPSA) is 79.5 Å². The Morgan fingerprint density at radius 1 is 1.36 bits per heavy atom. The van der Waals surface area contributed by atoms with Crippen molar-refractivity contribution in [1.29, 1.82) is 0 Å². The van der Waals surface area contributed by atoms with E-state index in [0.717, 1.165) is 0 Å². The first-order valence-corrected chi connectivity index (χ1v) is 7.39. The van der Waals surface area contributed by atoms with Gasteiger partial charge in [-0.1, -0.05) is 18.5 Å². The molecule has 1 aromatic carbocycles. The van der Waals surface area contributed by atoms with Gasteiger partial charge in [0.2, 0.25) is 5.91 Å². The minimum Gasteiger partial charge on any atom is -0.383 e. The van der Waals surface area contributed by atoms with E-state index in [9.17, 15) is 9.59 Å².